The molecule has 0 atom stereocenters. The van der Waals surface area contributed by atoms with E-state index < -0.39 is 15.8 Å². The molecule has 2 amide bonds. The highest BCUT2D eigenvalue weighted by Crippen LogP contribution is 2.39. The molecular formula is C67H114N8O31. The van der Waals surface area contributed by atoms with Crippen molar-refractivity contribution < 1.29 is 138 Å². The van der Waals surface area contributed by atoms with Crippen molar-refractivity contribution in [2.45, 2.75) is 39.8 Å². The van der Waals surface area contributed by atoms with Gasteiger partial charge in [0.15, 0.2) is 23.1 Å². The van der Waals surface area contributed by atoms with Gasteiger partial charge in [0.1, 0.15) is 45.3 Å². The first-order chi connectivity index (χ1) is 52.0. The van der Waals surface area contributed by atoms with Crippen LogP contribution >= 0.6 is 0 Å². The van der Waals surface area contributed by atoms with E-state index >= 15 is 0 Å². The zero-order valence-corrected chi connectivity index (χ0v) is 62.1. The first-order valence-corrected chi connectivity index (χ1v) is 35.4. The summed E-state index contributed by atoms with van der Waals surface area (Å²) in [7, 11) is 2.89. The van der Waals surface area contributed by atoms with Gasteiger partial charge in [-0.25, -0.2) is 23.9 Å². The maximum absolute atomic E-state index is 12.8. The Bertz CT molecular complexity index is 2530. The molecule has 1 aromatic carbocycles. The minimum absolute atomic E-state index is 0.102. The second kappa shape index (κ2) is 66.6. The number of aryl methyl sites for hydroxylation is 2. The predicted molar refractivity (Wildman–Crippen MR) is 374 cm³/mol. The van der Waals surface area contributed by atoms with Gasteiger partial charge >= 0.3 is 17.6 Å². The SMILES string of the molecule is COCCOCCOCCOCCOc1c(OCCOCCOCCOCCOCCOCCOCCOCCOCCC(=O)NCCn2c([N+](=O)[O-])cnc2C)cc(C(=O)OC)cc1OCCOCCOCCOCCOCCOCCOCCOCCOCCC(=O)NCCn1c([N+](=O)[O-])cnc1C. The molecule has 0 saturated carbocycles. The van der Waals surface area contributed by atoms with Crippen molar-refractivity contribution in [3.8, 4) is 17.2 Å². The first kappa shape index (κ1) is 93.7. The third-order valence-electron chi connectivity index (χ3n) is 14.0. The number of benzene rings is 1. The molecule has 0 aliphatic rings. The van der Waals surface area contributed by atoms with Crippen LogP contribution in [0.4, 0.5) is 11.6 Å². The number of carbonyl (C=O) groups excluding carboxylic acids is 3. The molecule has 0 aliphatic carbocycles. The monoisotopic (exact) mass is 1530 g/mol. The van der Waals surface area contributed by atoms with Crippen LogP contribution in [0.1, 0.15) is 34.8 Å². The van der Waals surface area contributed by atoms with E-state index in [4.69, 9.17) is 114 Å². The van der Waals surface area contributed by atoms with Crippen molar-refractivity contribution >= 4 is 29.4 Å². The van der Waals surface area contributed by atoms with Crippen LogP contribution in [0.3, 0.4) is 0 Å². The molecule has 2 N–H and O–H groups in total. The number of aromatic nitrogens is 4. The number of amides is 2. The minimum atomic E-state index is -0.608. The molecule has 608 valence electrons. The molecule has 2 heterocycles. The number of hydrogen-bond donors (Lipinski definition) is 2. The van der Waals surface area contributed by atoms with Crippen molar-refractivity contribution in [2.24, 2.45) is 0 Å². The van der Waals surface area contributed by atoms with Gasteiger partial charge in [-0.2, -0.15) is 0 Å². The first-order valence-electron chi connectivity index (χ1n) is 35.4. The van der Waals surface area contributed by atoms with Crippen LogP contribution in [0.5, 0.6) is 17.2 Å². The third-order valence-corrected chi connectivity index (χ3v) is 14.0. The normalized spacial score (nSPS) is 11.4. The van der Waals surface area contributed by atoms with Crippen molar-refractivity contribution in [1.82, 2.24) is 29.7 Å². The van der Waals surface area contributed by atoms with E-state index in [0.717, 1.165) is 0 Å². The summed E-state index contributed by atoms with van der Waals surface area (Å²) in [5, 5.41) is 27.6. The number of ether oxygens (including phenoxy) is 24. The lowest BCUT2D eigenvalue weighted by Crippen LogP contribution is -2.28. The molecule has 0 fully saturated rings. The lowest BCUT2D eigenvalue weighted by molar-refractivity contribution is -0.392. The Labute approximate surface area is 619 Å². The van der Waals surface area contributed by atoms with E-state index in [1.807, 2.05) is 0 Å². The van der Waals surface area contributed by atoms with E-state index in [2.05, 4.69) is 20.6 Å². The molecule has 3 aromatic rings. The van der Waals surface area contributed by atoms with Crippen LogP contribution in [-0.4, -0.2) is 352 Å². The zero-order chi connectivity index (χ0) is 76.2. The van der Waals surface area contributed by atoms with Gasteiger partial charge in [0.2, 0.25) is 17.6 Å². The van der Waals surface area contributed by atoms with Gasteiger partial charge in [-0.15, -0.1) is 0 Å². The molecule has 0 saturated heterocycles. The maximum atomic E-state index is 12.8. The molecule has 0 spiro atoms. The molecule has 0 bridgehead atoms. The van der Waals surface area contributed by atoms with Gasteiger partial charge < -0.3 is 145 Å². The maximum Gasteiger partial charge on any atom is 0.342 e. The van der Waals surface area contributed by atoms with Gasteiger partial charge in [-0.05, 0) is 22.0 Å². The fourth-order valence-corrected chi connectivity index (χ4v) is 8.64. The summed E-state index contributed by atoms with van der Waals surface area (Å²) in [5.74, 6) is 0.421. The summed E-state index contributed by atoms with van der Waals surface area (Å²) in [6, 6.07) is 3.03. The lowest BCUT2D eigenvalue weighted by atomic mass is 10.2. The van der Waals surface area contributed by atoms with Gasteiger partial charge in [-0.3, -0.25) is 9.59 Å². The number of carbonyl (C=O) groups is 3. The van der Waals surface area contributed by atoms with Crippen molar-refractivity contribution in [2.75, 3.05) is 305 Å². The van der Waals surface area contributed by atoms with Crippen LogP contribution in [0.2, 0.25) is 0 Å². The van der Waals surface area contributed by atoms with Gasteiger partial charge in [0.25, 0.3) is 0 Å². The van der Waals surface area contributed by atoms with Crippen LogP contribution in [0.15, 0.2) is 24.5 Å². The fraction of sp³-hybridized carbons (Fsp3) is 0.776. The minimum Gasteiger partial charge on any atom is -0.487 e. The molecule has 3 rings (SSSR count). The summed E-state index contributed by atoms with van der Waals surface area (Å²) in [5.41, 5.74) is 0.176. The van der Waals surface area contributed by atoms with E-state index in [1.165, 1.54) is 40.8 Å². The molecule has 0 aliphatic heterocycles. The Morgan fingerprint density at radius 2 is 0.594 bits per heavy atom. The summed E-state index contributed by atoms with van der Waals surface area (Å²) < 4.78 is 137. The second-order valence-electron chi connectivity index (χ2n) is 21.8. The van der Waals surface area contributed by atoms with Crippen LogP contribution in [0, 0.1) is 34.1 Å². The van der Waals surface area contributed by atoms with Gasteiger partial charge in [0.05, 0.1) is 283 Å². The largest absolute Gasteiger partial charge is 0.487 e. The molecule has 39 heteroatoms. The highest BCUT2D eigenvalue weighted by atomic mass is 16.6. The molecular weight excluding hydrogens is 1410 g/mol. The standard InChI is InChI=1S/C67H114N8O31/c1-57-70-55-64(74(79)80)72(57)9-7-68-62(76)5-11-85-15-17-88-21-23-91-25-27-93-29-31-95-33-35-97-37-39-99-41-44-101-47-50-104-60-53-59(67(78)84-4)54-61(66(60)106-52-49-103-46-43-90-20-19-87-14-13-83-3)105-51-48-102-45-42-100-40-38-98-36-34-96-32-30-94-28-26-92-24-22-89-18-16-86-12-6-63(77)69-8-10-73-58(2)71-56-65(73)75(81)82/h53-56H,5-52H2,1-4H3,(H,68,76)(H,69,77). The lowest BCUT2D eigenvalue weighted by Gasteiger charge is -2.18. The van der Waals surface area contributed by atoms with Crippen LogP contribution in [-0.2, 0) is 122 Å². The second-order valence-corrected chi connectivity index (χ2v) is 21.8. The van der Waals surface area contributed by atoms with Crippen molar-refractivity contribution in [3.05, 3.63) is 62.0 Å². The molecule has 2 aromatic heterocycles. The topological polar surface area (TPSA) is 419 Å². The number of imidazole rings is 2. The number of nitrogens with one attached hydrogen (secondary N) is 2. The number of methoxy groups -OCH3 is 2. The number of nitro groups is 2. The highest BCUT2D eigenvalue weighted by Gasteiger charge is 2.22. The van der Waals surface area contributed by atoms with Gasteiger partial charge in [-0.1, -0.05) is 0 Å². The van der Waals surface area contributed by atoms with Gasteiger partial charge in [0, 0.05) is 33.8 Å². The third kappa shape index (κ3) is 49.4. The Balaban J connectivity index is 1.15. The van der Waals surface area contributed by atoms with Crippen LogP contribution in [0.25, 0.3) is 0 Å². The number of rotatable bonds is 78. The van der Waals surface area contributed by atoms with Crippen LogP contribution < -0.4 is 24.8 Å². The van der Waals surface area contributed by atoms with E-state index in [0.29, 0.717) is 236 Å². The van der Waals surface area contributed by atoms with E-state index in [1.54, 1.807) is 21.0 Å². The Morgan fingerprint density at radius 1 is 0.358 bits per heavy atom. The molecule has 39 nitrogen and oxygen atoms in total. The number of hydrogen-bond acceptors (Lipinski definition) is 33. The quantitative estimate of drug-likeness (QED) is 0.0352. The highest BCUT2D eigenvalue weighted by molar-refractivity contribution is 5.91. The summed E-state index contributed by atoms with van der Waals surface area (Å²) in [6.07, 6.45) is 2.70. The zero-order valence-electron chi connectivity index (χ0n) is 62.1. The molecule has 106 heavy (non-hydrogen) atoms. The Morgan fingerprint density at radius 3 is 0.840 bits per heavy atom. The average molecular weight is 1530 g/mol. The fourth-order valence-electron chi connectivity index (χ4n) is 8.64. The Hall–Kier alpha value is -6.55. The summed E-state index contributed by atoms with van der Waals surface area (Å²) >= 11 is 0. The summed E-state index contributed by atoms with van der Waals surface area (Å²) in [6.45, 7) is 18.6. The molecule has 0 radical (unpaired) electrons. The number of esters is 1. The molecule has 0 unspecified atom stereocenters. The van der Waals surface area contributed by atoms with Crippen molar-refractivity contribution in [1.29, 1.82) is 0 Å². The smallest absolute Gasteiger partial charge is 0.342 e. The number of nitrogens with zero attached hydrogens (tertiary/aromatic N) is 6. The average Bonchev–Trinajstić information content (AvgIpc) is 1.10. The van der Waals surface area contributed by atoms with Crippen molar-refractivity contribution in [3.63, 3.8) is 0 Å². The summed E-state index contributed by atoms with van der Waals surface area (Å²) in [4.78, 5) is 66.0. The Kier molecular flexibility index (Phi) is 58.9. The van der Waals surface area contributed by atoms with E-state index in [9.17, 15) is 34.6 Å². The van der Waals surface area contributed by atoms with E-state index in [-0.39, 0.29) is 138 Å². The predicted octanol–water partition coefficient (Wildman–Crippen LogP) is 1.81.